The molecule has 0 bridgehead atoms. The minimum atomic E-state index is -0.466. The molecule has 4 rings (SSSR count). The van der Waals surface area contributed by atoms with Crippen molar-refractivity contribution in [2.75, 3.05) is 10.6 Å². The lowest BCUT2D eigenvalue weighted by Crippen LogP contribution is -2.19. The van der Waals surface area contributed by atoms with E-state index >= 15 is 0 Å². The Morgan fingerprint density at radius 3 is 2.29 bits per heavy atom. The van der Waals surface area contributed by atoms with E-state index in [9.17, 15) is 14.0 Å². The predicted molar refractivity (Wildman–Crippen MR) is 114 cm³/mol. The molecule has 0 spiro atoms. The van der Waals surface area contributed by atoms with Crippen LogP contribution in [0.5, 0.6) is 0 Å². The number of carbonyl (C=O) groups excluding carboxylic acids is 2. The summed E-state index contributed by atoms with van der Waals surface area (Å²) in [6.07, 6.45) is 0. The van der Waals surface area contributed by atoms with Gasteiger partial charge in [-0.15, -0.1) is 0 Å². The molecule has 0 aliphatic heterocycles. The third-order valence-corrected chi connectivity index (χ3v) is 4.40. The number of amides is 2. The number of hydrogen-bond donors (Lipinski definition) is 2. The Morgan fingerprint density at radius 1 is 0.871 bits per heavy atom. The Bertz CT molecular complexity index is 1270. The van der Waals surface area contributed by atoms with Crippen molar-refractivity contribution in [1.82, 2.24) is 10.1 Å². The second-order valence-corrected chi connectivity index (χ2v) is 6.73. The molecule has 0 unspecified atom stereocenters. The first-order chi connectivity index (χ1) is 15.0. The molecule has 1 aromatic heterocycles. The van der Waals surface area contributed by atoms with Gasteiger partial charge in [0.25, 0.3) is 5.89 Å². The molecule has 2 amide bonds. The topological polar surface area (TPSA) is 97.1 Å². The number of hydrogen-bond acceptors (Lipinski definition) is 5. The zero-order chi connectivity index (χ0) is 21.8. The van der Waals surface area contributed by atoms with E-state index in [4.69, 9.17) is 4.52 Å². The standard InChI is InChI=1S/C23H17FN4O3/c1-14(29)15-5-3-9-19(12-15)25-23(30)26-20-10-4-6-16(13-20)21-27-22(31-28-21)17-7-2-8-18(24)11-17/h2-13H,1H3,(H2,25,26,30). The van der Waals surface area contributed by atoms with Crippen molar-refractivity contribution >= 4 is 23.2 Å². The second-order valence-electron chi connectivity index (χ2n) is 6.73. The maximum absolute atomic E-state index is 13.4. The normalized spacial score (nSPS) is 10.5. The van der Waals surface area contributed by atoms with Gasteiger partial charge in [-0.3, -0.25) is 4.79 Å². The molecule has 31 heavy (non-hydrogen) atoms. The molecule has 0 saturated carbocycles. The van der Waals surface area contributed by atoms with Gasteiger partial charge in [0.15, 0.2) is 5.78 Å². The molecule has 0 saturated heterocycles. The van der Waals surface area contributed by atoms with Gasteiger partial charge < -0.3 is 15.2 Å². The summed E-state index contributed by atoms with van der Waals surface area (Å²) in [5.41, 5.74) is 2.60. The fourth-order valence-electron chi connectivity index (χ4n) is 2.92. The SMILES string of the molecule is CC(=O)c1cccc(NC(=O)Nc2cccc(-c3noc(-c4cccc(F)c4)n3)c2)c1. The molecule has 0 aliphatic rings. The van der Waals surface area contributed by atoms with E-state index < -0.39 is 11.8 Å². The van der Waals surface area contributed by atoms with Crippen LogP contribution in [0, 0.1) is 5.82 Å². The monoisotopic (exact) mass is 416 g/mol. The smallest absolute Gasteiger partial charge is 0.323 e. The Labute approximate surface area is 176 Å². The third kappa shape index (κ3) is 4.81. The molecule has 2 N–H and O–H groups in total. The predicted octanol–water partition coefficient (Wildman–Crippen LogP) is 5.39. The first-order valence-corrected chi connectivity index (χ1v) is 9.37. The van der Waals surface area contributed by atoms with Gasteiger partial charge in [0.05, 0.1) is 0 Å². The summed E-state index contributed by atoms with van der Waals surface area (Å²) in [7, 11) is 0. The lowest BCUT2D eigenvalue weighted by Gasteiger charge is -2.09. The van der Waals surface area contributed by atoms with Crippen molar-refractivity contribution in [3.8, 4) is 22.8 Å². The number of carbonyl (C=O) groups is 2. The minimum Gasteiger partial charge on any atom is -0.334 e. The van der Waals surface area contributed by atoms with E-state index in [1.165, 1.54) is 19.1 Å². The average Bonchev–Trinajstić information content (AvgIpc) is 3.24. The first-order valence-electron chi connectivity index (χ1n) is 9.37. The highest BCUT2D eigenvalue weighted by Gasteiger charge is 2.12. The molecule has 0 fully saturated rings. The first kappa shape index (κ1) is 20.0. The lowest BCUT2D eigenvalue weighted by molar-refractivity contribution is 0.101. The van der Waals surface area contributed by atoms with Crippen molar-refractivity contribution < 1.29 is 18.5 Å². The maximum atomic E-state index is 13.4. The summed E-state index contributed by atoms with van der Waals surface area (Å²) in [6.45, 7) is 1.46. The molecule has 8 heteroatoms. The van der Waals surface area contributed by atoms with Crippen LogP contribution in [-0.2, 0) is 0 Å². The molecule has 0 atom stereocenters. The van der Waals surface area contributed by atoms with E-state index in [0.29, 0.717) is 33.9 Å². The van der Waals surface area contributed by atoms with Crippen LogP contribution in [0.3, 0.4) is 0 Å². The summed E-state index contributed by atoms with van der Waals surface area (Å²) in [5, 5.41) is 9.35. The number of benzene rings is 3. The van der Waals surface area contributed by atoms with Crippen LogP contribution in [-0.4, -0.2) is 22.0 Å². The molecule has 1 heterocycles. The van der Waals surface area contributed by atoms with Crippen LogP contribution >= 0.6 is 0 Å². The van der Waals surface area contributed by atoms with E-state index in [-0.39, 0.29) is 11.7 Å². The van der Waals surface area contributed by atoms with Crippen molar-refractivity contribution in [2.24, 2.45) is 0 Å². The highest BCUT2D eigenvalue weighted by molar-refractivity contribution is 6.01. The highest BCUT2D eigenvalue weighted by Crippen LogP contribution is 2.24. The number of urea groups is 1. The van der Waals surface area contributed by atoms with Gasteiger partial charge in [0.1, 0.15) is 5.82 Å². The van der Waals surface area contributed by atoms with Crippen LogP contribution in [0.1, 0.15) is 17.3 Å². The zero-order valence-electron chi connectivity index (χ0n) is 16.4. The Hall–Kier alpha value is -4.33. The molecule has 0 radical (unpaired) electrons. The largest absolute Gasteiger partial charge is 0.334 e. The van der Waals surface area contributed by atoms with Crippen molar-refractivity contribution in [2.45, 2.75) is 6.92 Å². The van der Waals surface area contributed by atoms with E-state index in [1.807, 2.05) is 0 Å². The zero-order valence-corrected chi connectivity index (χ0v) is 16.4. The summed E-state index contributed by atoms with van der Waals surface area (Å²) in [5.74, 6) is 0.00576. The molecule has 3 aromatic carbocycles. The van der Waals surface area contributed by atoms with Crippen molar-refractivity contribution in [3.05, 3.63) is 84.2 Å². The highest BCUT2D eigenvalue weighted by atomic mass is 19.1. The molecular formula is C23H17FN4O3. The Morgan fingerprint density at radius 2 is 1.55 bits per heavy atom. The Balaban J connectivity index is 1.48. The molecule has 0 aliphatic carbocycles. The van der Waals surface area contributed by atoms with Gasteiger partial charge in [-0.05, 0) is 49.4 Å². The number of Topliss-reactive ketones (excluding diaryl/α,β-unsaturated/α-hetero) is 1. The number of halogens is 1. The molecule has 7 nitrogen and oxygen atoms in total. The van der Waals surface area contributed by atoms with Gasteiger partial charge in [-0.1, -0.05) is 35.5 Å². The summed E-state index contributed by atoms with van der Waals surface area (Å²) in [4.78, 5) is 28.1. The summed E-state index contributed by atoms with van der Waals surface area (Å²) in [6, 6.07) is 19.0. The van der Waals surface area contributed by atoms with Crippen LogP contribution in [0.4, 0.5) is 20.6 Å². The Kier molecular flexibility index (Phi) is 5.53. The third-order valence-electron chi connectivity index (χ3n) is 4.40. The molecule has 4 aromatic rings. The van der Waals surface area contributed by atoms with Gasteiger partial charge in [0.2, 0.25) is 5.82 Å². The summed E-state index contributed by atoms with van der Waals surface area (Å²) >= 11 is 0. The van der Waals surface area contributed by atoms with Crippen LogP contribution in [0.25, 0.3) is 22.8 Å². The molecular weight excluding hydrogens is 399 g/mol. The minimum absolute atomic E-state index is 0.0884. The quantitative estimate of drug-likeness (QED) is 0.425. The number of nitrogens with zero attached hydrogens (tertiary/aromatic N) is 2. The second kappa shape index (κ2) is 8.58. The number of ketones is 1. The average molecular weight is 416 g/mol. The van der Waals surface area contributed by atoms with Crippen LogP contribution in [0.2, 0.25) is 0 Å². The van der Waals surface area contributed by atoms with Crippen LogP contribution < -0.4 is 10.6 Å². The fraction of sp³-hybridized carbons (Fsp3) is 0.0435. The van der Waals surface area contributed by atoms with Crippen molar-refractivity contribution in [3.63, 3.8) is 0 Å². The number of rotatable bonds is 5. The lowest BCUT2D eigenvalue weighted by atomic mass is 10.1. The van der Waals surface area contributed by atoms with E-state index in [1.54, 1.807) is 60.7 Å². The van der Waals surface area contributed by atoms with Crippen molar-refractivity contribution in [1.29, 1.82) is 0 Å². The fourth-order valence-corrected chi connectivity index (χ4v) is 2.92. The number of nitrogens with one attached hydrogen (secondary N) is 2. The van der Waals surface area contributed by atoms with Gasteiger partial charge in [-0.2, -0.15) is 4.98 Å². The number of anilines is 2. The van der Waals surface area contributed by atoms with Gasteiger partial charge >= 0.3 is 6.03 Å². The summed E-state index contributed by atoms with van der Waals surface area (Å²) < 4.78 is 18.7. The van der Waals surface area contributed by atoms with Gasteiger partial charge in [-0.25, -0.2) is 9.18 Å². The number of aromatic nitrogens is 2. The van der Waals surface area contributed by atoms with E-state index in [2.05, 4.69) is 20.8 Å². The van der Waals surface area contributed by atoms with Gasteiger partial charge in [0, 0.05) is 28.1 Å². The molecule has 154 valence electrons. The van der Waals surface area contributed by atoms with E-state index in [0.717, 1.165) is 0 Å². The maximum Gasteiger partial charge on any atom is 0.323 e. The van der Waals surface area contributed by atoms with Crippen LogP contribution in [0.15, 0.2) is 77.3 Å².